The number of benzene rings is 1. The molecule has 0 aromatic heterocycles. The fraction of sp³-hybridized carbons (Fsp3) is 0.462. The first-order chi connectivity index (χ1) is 7.49. The zero-order valence-corrected chi connectivity index (χ0v) is 10.4. The molecule has 0 fully saturated rings. The second kappa shape index (κ2) is 5.12. The van der Waals surface area contributed by atoms with Gasteiger partial charge < -0.3 is 4.74 Å². The lowest BCUT2D eigenvalue weighted by Crippen LogP contribution is -2.44. The maximum absolute atomic E-state index is 11.9. The molecule has 1 rings (SSSR count). The van der Waals surface area contributed by atoms with E-state index in [0.717, 1.165) is 6.42 Å². The van der Waals surface area contributed by atoms with Gasteiger partial charge in [0.05, 0.1) is 5.56 Å². The molecule has 0 N–H and O–H groups in total. The van der Waals surface area contributed by atoms with Crippen LogP contribution in [-0.2, 0) is 4.74 Å². The van der Waals surface area contributed by atoms with E-state index >= 15 is 0 Å². The predicted molar refractivity (Wildman–Crippen MR) is 64.2 cm³/mol. The number of hydrogen-bond acceptors (Lipinski definition) is 3. The summed E-state index contributed by atoms with van der Waals surface area (Å²) < 4.78 is 5.52. The molecule has 0 aliphatic carbocycles. The van der Waals surface area contributed by atoms with Crippen molar-refractivity contribution in [3.8, 4) is 0 Å². The SMILES string of the molecule is CCC(C)(OC(=O)c1ccccc1)N(C)C. The van der Waals surface area contributed by atoms with Crippen LogP contribution in [0.5, 0.6) is 0 Å². The lowest BCUT2D eigenvalue weighted by Gasteiger charge is -2.34. The van der Waals surface area contributed by atoms with Crippen LogP contribution in [0, 0.1) is 0 Å². The molecule has 1 unspecified atom stereocenters. The molecule has 88 valence electrons. The van der Waals surface area contributed by atoms with Gasteiger partial charge in [-0.2, -0.15) is 0 Å². The van der Waals surface area contributed by atoms with E-state index in [4.69, 9.17) is 4.74 Å². The molecule has 0 amide bonds. The number of esters is 1. The summed E-state index contributed by atoms with van der Waals surface area (Å²) in [6, 6.07) is 9.05. The standard InChI is InChI=1S/C13H19NO2/c1-5-13(2,14(3)4)16-12(15)11-9-7-6-8-10-11/h6-10H,5H2,1-4H3. The predicted octanol–water partition coefficient (Wildman–Crippen LogP) is 2.53. The van der Waals surface area contributed by atoms with Crippen LogP contribution in [0.3, 0.4) is 0 Å². The second-order valence-electron chi connectivity index (χ2n) is 4.18. The fourth-order valence-corrected chi connectivity index (χ4v) is 1.31. The Hall–Kier alpha value is -1.35. The van der Waals surface area contributed by atoms with Gasteiger partial charge in [0, 0.05) is 0 Å². The van der Waals surface area contributed by atoms with Gasteiger partial charge >= 0.3 is 5.97 Å². The Morgan fingerprint density at radius 3 is 2.31 bits per heavy atom. The molecule has 0 aliphatic heterocycles. The van der Waals surface area contributed by atoms with Gasteiger partial charge in [0.15, 0.2) is 5.72 Å². The van der Waals surface area contributed by atoms with Crippen molar-refractivity contribution in [1.29, 1.82) is 0 Å². The Bertz CT molecular complexity index is 348. The van der Waals surface area contributed by atoms with Gasteiger partial charge in [-0.15, -0.1) is 0 Å². The highest BCUT2D eigenvalue weighted by Gasteiger charge is 2.29. The molecule has 0 saturated heterocycles. The average Bonchev–Trinajstić information content (AvgIpc) is 2.29. The van der Waals surface area contributed by atoms with Crippen molar-refractivity contribution in [2.75, 3.05) is 14.1 Å². The van der Waals surface area contributed by atoms with Gasteiger partial charge in [0.1, 0.15) is 0 Å². The Morgan fingerprint density at radius 2 is 1.88 bits per heavy atom. The van der Waals surface area contributed by atoms with E-state index in [1.165, 1.54) is 0 Å². The topological polar surface area (TPSA) is 29.5 Å². The molecule has 3 heteroatoms. The van der Waals surface area contributed by atoms with Crippen molar-refractivity contribution in [3.63, 3.8) is 0 Å². The summed E-state index contributed by atoms with van der Waals surface area (Å²) in [5.74, 6) is -0.279. The molecule has 0 spiro atoms. The number of carbonyl (C=O) groups is 1. The highest BCUT2D eigenvalue weighted by Crippen LogP contribution is 2.19. The maximum Gasteiger partial charge on any atom is 0.339 e. The summed E-state index contributed by atoms with van der Waals surface area (Å²) in [6.07, 6.45) is 0.749. The van der Waals surface area contributed by atoms with E-state index in [9.17, 15) is 4.79 Å². The minimum Gasteiger partial charge on any atom is -0.440 e. The van der Waals surface area contributed by atoms with E-state index in [-0.39, 0.29) is 5.97 Å². The van der Waals surface area contributed by atoms with E-state index in [1.807, 2.05) is 51.0 Å². The number of nitrogens with zero attached hydrogens (tertiary/aromatic N) is 1. The first-order valence-corrected chi connectivity index (χ1v) is 5.45. The van der Waals surface area contributed by atoms with Crippen molar-refractivity contribution in [2.24, 2.45) is 0 Å². The van der Waals surface area contributed by atoms with E-state index in [1.54, 1.807) is 12.1 Å². The molecule has 0 heterocycles. The highest BCUT2D eigenvalue weighted by atomic mass is 16.6. The Balaban J connectivity index is 2.78. The van der Waals surface area contributed by atoms with Crippen LogP contribution in [-0.4, -0.2) is 30.7 Å². The highest BCUT2D eigenvalue weighted by molar-refractivity contribution is 5.89. The third kappa shape index (κ3) is 2.83. The van der Waals surface area contributed by atoms with Crippen LogP contribution in [0.4, 0.5) is 0 Å². The van der Waals surface area contributed by atoms with Crippen molar-refractivity contribution < 1.29 is 9.53 Å². The Labute approximate surface area is 97.0 Å². The smallest absolute Gasteiger partial charge is 0.339 e. The van der Waals surface area contributed by atoms with Gasteiger partial charge in [0.25, 0.3) is 0 Å². The van der Waals surface area contributed by atoms with E-state index in [2.05, 4.69) is 0 Å². The fourth-order valence-electron chi connectivity index (χ4n) is 1.31. The molecular weight excluding hydrogens is 202 g/mol. The van der Waals surface area contributed by atoms with Crippen LogP contribution >= 0.6 is 0 Å². The van der Waals surface area contributed by atoms with E-state index in [0.29, 0.717) is 5.56 Å². The molecule has 1 aromatic carbocycles. The van der Waals surface area contributed by atoms with Crippen LogP contribution in [0.1, 0.15) is 30.6 Å². The van der Waals surface area contributed by atoms with E-state index < -0.39 is 5.72 Å². The quantitative estimate of drug-likeness (QED) is 0.578. The summed E-state index contributed by atoms with van der Waals surface area (Å²) in [4.78, 5) is 13.8. The summed E-state index contributed by atoms with van der Waals surface area (Å²) in [5.41, 5.74) is 0.0384. The van der Waals surface area contributed by atoms with Gasteiger partial charge in [-0.3, -0.25) is 4.90 Å². The van der Waals surface area contributed by atoms with Crippen LogP contribution in [0.25, 0.3) is 0 Å². The largest absolute Gasteiger partial charge is 0.440 e. The molecule has 3 nitrogen and oxygen atoms in total. The average molecular weight is 221 g/mol. The molecule has 0 aliphatic rings. The summed E-state index contributed by atoms with van der Waals surface area (Å²) in [6.45, 7) is 3.91. The molecular formula is C13H19NO2. The van der Waals surface area contributed by atoms with Gasteiger partial charge in [0.2, 0.25) is 0 Å². The van der Waals surface area contributed by atoms with Gasteiger partial charge in [-0.1, -0.05) is 25.1 Å². The first-order valence-electron chi connectivity index (χ1n) is 5.45. The zero-order valence-electron chi connectivity index (χ0n) is 10.4. The summed E-state index contributed by atoms with van der Waals surface area (Å²) >= 11 is 0. The third-order valence-corrected chi connectivity index (χ3v) is 2.92. The van der Waals surface area contributed by atoms with Gasteiger partial charge in [-0.25, -0.2) is 4.79 Å². The van der Waals surface area contributed by atoms with Crippen molar-refractivity contribution in [2.45, 2.75) is 26.0 Å². The second-order valence-corrected chi connectivity index (χ2v) is 4.18. The summed E-state index contributed by atoms with van der Waals surface area (Å²) in [7, 11) is 3.81. The molecule has 16 heavy (non-hydrogen) atoms. The van der Waals surface area contributed by atoms with Crippen molar-refractivity contribution in [3.05, 3.63) is 35.9 Å². The Kier molecular flexibility index (Phi) is 4.07. The number of ether oxygens (including phenoxy) is 1. The zero-order chi connectivity index (χ0) is 12.2. The molecule has 0 bridgehead atoms. The molecule has 0 radical (unpaired) electrons. The van der Waals surface area contributed by atoms with Crippen molar-refractivity contribution >= 4 is 5.97 Å². The Morgan fingerprint density at radius 1 is 1.31 bits per heavy atom. The first kappa shape index (κ1) is 12.7. The number of rotatable bonds is 4. The minimum absolute atomic E-state index is 0.279. The molecule has 0 saturated carbocycles. The maximum atomic E-state index is 11.9. The monoisotopic (exact) mass is 221 g/mol. The van der Waals surface area contributed by atoms with Crippen molar-refractivity contribution in [1.82, 2.24) is 4.90 Å². The van der Waals surface area contributed by atoms with Crippen LogP contribution < -0.4 is 0 Å². The lowest BCUT2D eigenvalue weighted by molar-refractivity contribution is -0.0876. The summed E-state index contributed by atoms with van der Waals surface area (Å²) in [5, 5.41) is 0. The molecule has 1 atom stereocenters. The van der Waals surface area contributed by atoms with Gasteiger partial charge in [-0.05, 0) is 39.6 Å². The lowest BCUT2D eigenvalue weighted by atomic mass is 10.1. The minimum atomic E-state index is -0.549. The van der Waals surface area contributed by atoms with Crippen LogP contribution in [0.15, 0.2) is 30.3 Å². The van der Waals surface area contributed by atoms with Crippen LogP contribution in [0.2, 0.25) is 0 Å². The number of hydrogen-bond donors (Lipinski definition) is 0. The third-order valence-electron chi connectivity index (χ3n) is 2.92. The normalized spacial score (nSPS) is 14.6. The number of carbonyl (C=O) groups excluding carboxylic acids is 1. The molecule has 1 aromatic rings.